The third-order valence-corrected chi connectivity index (χ3v) is 5.66. The lowest BCUT2D eigenvalue weighted by Crippen LogP contribution is -2.33. The SMILES string of the molecule is CCCOc1ccc(C2=C(Nc3ccc(OC)cc3)C(=O)N(c3cc(C)ccc3C)C2=O)cc1. The summed E-state index contributed by atoms with van der Waals surface area (Å²) in [5.41, 5.74) is 4.28. The number of imide groups is 1. The highest BCUT2D eigenvalue weighted by Gasteiger charge is 2.40. The summed E-state index contributed by atoms with van der Waals surface area (Å²) in [5, 5.41) is 3.18. The van der Waals surface area contributed by atoms with Gasteiger partial charge in [-0.25, -0.2) is 4.90 Å². The van der Waals surface area contributed by atoms with Crippen molar-refractivity contribution < 1.29 is 19.1 Å². The van der Waals surface area contributed by atoms with Crippen LogP contribution in [0.4, 0.5) is 11.4 Å². The van der Waals surface area contributed by atoms with Crippen molar-refractivity contribution in [2.45, 2.75) is 27.2 Å². The first-order valence-electron chi connectivity index (χ1n) is 11.3. The van der Waals surface area contributed by atoms with Crippen molar-refractivity contribution in [1.29, 1.82) is 0 Å². The lowest BCUT2D eigenvalue weighted by Gasteiger charge is -2.18. The van der Waals surface area contributed by atoms with Gasteiger partial charge >= 0.3 is 0 Å². The highest BCUT2D eigenvalue weighted by Crippen LogP contribution is 2.36. The standard InChI is InChI=1S/C28H28N2O4/c1-5-16-34-23-12-8-20(9-13-23)25-26(29-21-10-14-22(33-4)15-11-21)28(32)30(27(25)31)24-17-18(2)6-7-19(24)3/h6-15,17,29H,5,16H2,1-4H3. The quantitative estimate of drug-likeness (QED) is 0.454. The first-order chi connectivity index (χ1) is 16.4. The normalized spacial score (nSPS) is 13.5. The Labute approximate surface area is 199 Å². The molecule has 6 nitrogen and oxygen atoms in total. The number of rotatable bonds is 8. The summed E-state index contributed by atoms with van der Waals surface area (Å²) in [6.45, 7) is 6.49. The second-order valence-electron chi connectivity index (χ2n) is 8.21. The fourth-order valence-electron chi connectivity index (χ4n) is 3.85. The molecule has 0 radical (unpaired) electrons. The second kappa shape index (κ2) is 9.83. The van der Waals surface area contributed by atoms with Crippen LogP contribution in [0.2, 0.25) is 0 Å². The smallest absolute Gasteiger partial charge is 0.282 e. The summed E-state index contributed by atoms with van der Waals surface area (Å²) in [4.78, 5) is 28.6. The minimum atomic E-state index is -0.393. The first-order valence-corrected chi connectivity index (χ1v) is 11.3. The summed E-state index contributed by atoms with van der Waals surface area (Å²) in [7, 11) is 1.60. The van der Waals surface area contributed by atoms with E-state index in [4.69, 9.17) is 9.47 Å². The van der Waals surface area contributed by atoms with E-state index < -0.39 is 5.91 Å². The van der Waals surface area contributed by atoms with Crippen LogP contribution in [-0.2, 0) is 9.59 Å². The molecule has 0 aliphatic carbocycles. The van der Waals surface area contributed by atoms with Gasteiger partial charge in [0.1, 0.15) is 17.2 Å². The molecule has 34 heavy (non-hydrogen) atoms. The maximum Gasteiger partial charge on any atom is 0.282 e. The van der Waals surface area contributed by atoms with Crippen LogP contribution in [0.1, 0.15) is 30.0 Å². The van der Waals surface area contributed by atoms with Crippen molar-refractivity contribution in [3.8, 4) is 11.5 Å². The van der Waals surface area contributed by atoms with Gasteiger partial charge in [-0.3, -0.25) is 9.59 Å². The number of ether oxygens (including phenoxy) is 2. The Bertz CT molecular complexity index is 1240. The lowest BCUT2D eigenvalue weighted by atomic mass is 10.0. The van der Waals surface area contributed by atoms with Crippen molar-refractivity contribution in [3.05, 3.63) is 89.1 Å². The Morgan fingerprint density at radius 3 is 2.18 bits per heavy atom. The number of hydrogen-bond donors (Lipinski definition) is 1. The molecule has 1 aliphatic heterocycles. The molecule has 3 aromatic carbocycles. The largest absolute Gasteiger partial charge is 0.497 e. The van der Waals surface area contributed by atoms with Crippen LogP contribution in [0.25, 0.3) is 5.57 Å². The molecule has 1 aliphatic rings. The van der Waals surface area contributed by atoms with E-state index >= 15 is 0 Å². The molecule has 3 aromatic rings. The van der Waals surface area contributed by atoms with E-state index in [0.717, 1.165) is 23.3 Å². The van der Waals surface area contributed by atoms with Gasteiger partial charge in [0, 0.05) is 5.69 Å². The topological polar surface area (TPSA) is 67.9 Å². The molecule has 0 aromatic heterocycles. The number of nitrogens with one attached hydrogen (secondary N) is 1. The van der Waals surface area contributed by atoms with Crippen molar-refractivity contribution >= 4 is 28.8 Å². The van der Waals surface area contributed by atoms with Crippen LogP contribution >= 0.6 is 0 Å². The van der Waals surface area contributed by atoms with Crippen molar-refractivity contribution in [2.75, 3.05) is 23.9 Å². The van der Waals surface area contributed by atoms with Gasteiger partial charge in [0.05, 0.1) is 25.0 Å². The predicted molar refractivity (Wildman–Crippen MR) is 134 cm³/mol. The number of amides is 2. The Morgan fingerprint density at radius 1 is 0.853 bits per heavy atom. The summed E-state index contributed by atoms with van der Waals surface area (Å²) in [6.07, 6.45) is 0.903. The molecule has 0 fully saturated rings. The fraction of sp³-hybridized carbons (Fsp3) is 0.214. The average Bonchev–Trinajstić information content (AvgIpc) is 3.09. The number of carbonyl (C=O) groups is 2. The minimum Gasteiger partial charge on any atom is -0.497 e. The van der Waals surface area contributed by atoms with Crippen LogP contribution in [0.15, 0.2) is 72.4 Å². The van der Waals surface area contributed by atoms with Crippen LogP contribution in [0.3, 0.4) is 0 Å². The monoisotopic (exact) mass is 456 g/mol. The van der Waals surface area contributed by atoms with E-state index in [2.05, 4.69) is 5.32 Å². The van der Waals surface area contributed by atoms with Gasteiger partial charge in [0.2, 0.25) is 0 Å². The van der Waals surface area contributed by atoms with Crippen molar-refractivity contribution in [1.82, 2.24) is 0 Å². The highest BCUT2D eigenvalue weighted by atomic mass is 16.5. The zero-order chi connectivity index (χ0) is 24.2. The van der Waals surface area contributed by atoms with Gasteiger partial charge in [-0.2, -0.15) is 0 Å². The number of aryl methyl sites for hydroxylation is 2. The molecule has 0 saturated carbocycles. The van der Waals surface area contributed by atoms with Crippen LogP contribution in [-0.4, -0.2) is 25.5 Å². The van der Waals surface area contributed by atoms with Gasteiger partial charge in [-0.05, 0) is 79.4 Å². The molecule has 0 saturated heterocycles. The molecule has 0 unspecified atom stereocenters. The average molecular weight is 457 g/mol. The predicted octanol–water partition coefficient (Wildman–Crippen LogP) is 5.50. The fourth-order valence-corrected chi connectivity index (χ4v) is 3.85. The second-order valence-corrected chi connectivity index (χ2v) is 8.21. The van der Waals surface area contributed by atoms with Gasteiger partial charge in [-0.1, -0.05) is 31.2 Å². The van der Waals surface area contributed by atoms with E-state index in [9.17, 15) is 9.59 Å². The maximum atomic E-state index is 13.7. The van der Waals surface area contributed by atoms with Crippen molar-refractivity contribution in [3.63, 3.8) is 0 Å². The number of benzene rings is 3. The number of carbonyl (C=O) groups excluding carboxylic acids is 2. The Morgan fingerprint density at radius 2 is 1.53 bits per heavy atom. The van der Waals surface area contributed by atoms with Gasteiger partial charge < -0.3 is 14.8 Å². The van der Waals surface area contributed by atoms with Crippen molar-refractivity contribution in [2.24, 2.45) is 0 Å². The molecular weight excluding hydrogens is 428 g/mol. The number of hydrogen-bond acceptors (Lipinski definition) is 5. The molecule has 1 heterocycles. The Kier molecular flexibility index (Phi) is 6.68. The zero-order valence-corrected chi connectivity index (χ0v) is 19.8. The molecule has 0 bridgehead atoms. The lowest BCUT2D eigenvalue weighted by molar-refractivity contribution is -0.120. The molecule has 0 spiro atoms. The van der Waals surface area contributed by atoms with E-state index in [1.165, 1.54) is 4.90 Å². The summed E-state index contributed by atoms with van der Waals surface area (Å²) < 4.78 is 10.9. The molecule has 0 atom stereocenters. The third-order valence-electron chi connectivity index (χ3n) is 5.66. The van der Waals surface area contributed by atoms with E-state index in [-0.39, 0.29) is 11.6 Å². The van der Waals surface area contributed by atoms with E-state index in [0.29, 0.717) is 34.9 Å². The zero-order valence-electron chi connectivity index (χ0n) is 19.8. The van der Waals surface area contributed by atoms with E-state index in [1.807, 2.05) is 75.4 Å². The minimum absolute atomic E-state index is 0.235. The number of methoxy groups -OCH3 is 1. The highest BCUT2D eigenvalue weighted by molar-refractivity contribution is 6.46. The number of nitrogens with zero attached hydrogens (tertiary/aromatic N) is 1. The molecule has 2 amide bonds. The third kappa shape index (κ3) is 4.53. The van der Waals surface area contributed by atoms with Crippen LogP contribution in [0.5, 0.6) is 11.5 Å². The summed E-state index contributed by atoms with van der Waals surface area (Å²) in [6, 6.07) is 20.2. The van der Waals surface area contributed by atoms with E-state index in [1.54, 1.807) is 19.2 Å². The Hall–Kier alpha value is -4.06. The summed E-state index contributed by atoms with van der Waals surface area (Å²) >= 11 is 0. The Balaban J connectivity index is 1.77. The molecule has 174 valence electrons. The molecule has 4 rings (SSSR count). The number of anilines is 2. The van der Waals surface area contributed by atoms with Crippen LogP contribution < -0.4 is 19.7 Å². The van der Waals surface area contributed by atoms with Crippen LogP contribution in [0, 0.1) is 13.8 Å². The molecule has 6 heteroatoms. The molecular formula is C28H28N2O4. The van der Waals surface area contributed by atoms with Gasteiger partial charge in [0.15, 0.2) is 0 Å². The molecule has 1 N–H and O–H groups in total. The maximum absolute atomic E-state index is 13.7. The van der Waals surface area contributed by atoms with Gasteiger partial charge in [-0.15, -0.1) is 0 Å². The summed E-state index contributed by atoms with van der Waals surface area (Å²) in [5.74, 6) is 0.667. The van der Waals surface area contributed by atoms with Gasteiger partial charge in [0.25, 0.3) is 11.8 Å². The first kappa shape index (κ1) is 23.1.